The molecule has 0 aliphatic rings. The number of rotatable bonds is 3. The number of nitrogens with zero attached hydrogens (tertiary/aromatic N) is 4. The van der Waals surface area contributed by atoms with Crippen LogP contribution in [0.15, 0.2) is 18.5 Å². The Kier molecular flexibility index (Phi) is 3.22. The van der Waals surface area contributed by atoms with Gasteiger partial charge in [0.1, 0.15) is 0 Å². The number of aromatic nitrogens is 4. The van der Waals surface area contributed by atoms with E-state index < -0.39 is 0 Å². The molecule has 2 rings (SSSR count). The summed E-state index contributed by atoms with van der Waals surface area (Å²) in [4.78, 5) is 8.33. The fraction of sp³-hybridized carbons (Fsp3) is 0.222. The summed E-state index contributed by atoms with van der Waals surface area (Å²) in [5.74, 6) is 1.29. The summed E-state index contributed by atoms with van der Waals surface area (Å²) in [6, 6.07) is 1.61. The van der Waals surface area contributed by atoms with Gasteiger partial charge in [0.25, 0.3) is 5.95 Å². The third-order valence-electron chi connectivity index (χ3n) is 1.84. The first-order valence-electron chi connectivity index (χ1n) is 4.40. The van der Waals surface area contributed by atoms with Crippen molar-refractivity contribution in [1.29, 1.82) is 0 Å². The van der Waals surface area contributed by atoms with Crippen molar-refractivity contribution in [2.45, 2.75) is 0 Å². The Morgan fingerprint density at radius 2 is 1.81 bits per heavy atom. The summed E-state index contributed by atoms with van der Waals surface area (Å²) < 4.78 is 12.7. The Morgan fingerprint density at radius 1 is 1.19 bits per heavy atom. The number of ether oxygens (including phenoxy) is 2. The Hall–Kier alpha value is -1.38. The lowest BCUT2D eigenvalue weighted by atomic mass is 10.6. The molecule has 6 nitrogen and oxygen atoms in total. The first-order chi connectivity index (χ1) is 7.72. The van der Waals surface area contributed by atoms with Crippen molar-refractivity contribution < 1.29 is 9.47 Å². The zero-order valence-corrected chi connectivity index (χ0v) is 10.9. The van der Waals surface area contributed by atoms with Crippen LogP contribution in [-0.4, -0.2) is 34.0 Å². The molecule has 0 N–H and O–H groups in total. The first kappa shape index (κ1) is 11.1. The summed E-state index contributed by atoms with van der Waals surface area (Å²) in [7, 11) is 3.08. The average molecular weight is 332 g/mol. The summed E-state index contributed by atoms with van der Waals surface area (Å²) in [6.07, 6.45) is 3.53. The molecular weight excluding hydrogens is 323 g/mol. The summed E-state index contributed by atoms with van der Waals surface area (Å²) >= 11 is 2.16. The van der Waals surface area contributed by atoms with Gasteiger partial charge in [-0.25, -0.2) is 4.68 Å². The van der Waals surface area contributed by atoms with Crippen LogP contribution in [0.25, 0.3) is 5.95 Å². The molecule has 0 fully saturated rings. The van der Waals surface area contributed by atoms with Crippen molar-refractivity contribution in [2.24, 2.45) is 0 Å². The van der Waals surface area contributed by atoms with Crippen LogP contribution in [0.2, 0.25) is 0 Å². The second kappa shape index (κ2) is 4.64. The number of methoxy groups -OCH3 is 2. The molecule has 7 heteroatoms. The van der Waals surface area contributed by atoms with E-state index in [1.54, 1.807) is 31.2 Å². The van der Waals surface area contributed by atoms with E-state index in [1.807, 2.05) is 6.20 Å². The quantitative estimate of drug-likeness (QED) is 0.793. The Morgan fingerprint density at radius 3 is 2.25 bits per heavy atom. The van der Waals surface area contributed by atoms with Crippen LogP contribution in [0.5, 0.6) is 11.8 Å². The molecule has 2 aromatic heterocycles. The lowest BCUT2D eigenvalue weighted by Crippen LogP contribution is -2.04. The molecule has 0 unspecified atom stereocenters. The number of hydrogen-bond donors (Lipinski definition) is 0. The maximum atomic E-state index is 5.05. The highest BCUT2D eigenvalue weighted by molar-refractivity contribution is 14.1. The maximum Gasteiger partial charge on any atom is 0.257 e. The van der Waals surface area contributed by atoms with E-state index in [9.17, 15) is 0 Å². The van der Waals surface area contributed by atoms with Gasteiger partial charge in [-0.3, -0.25) is 0 Å². The number of hydrogen-bond acceptors (Lipinski definition) is 5. The zero-order chi connectivity index (χ0) is 11.5. The van der Waals surface area contributed by atoms with E-state index in [-0.39, 0.29) is 0 Å². The molecule has 0 aromatic carbocycles. The monoisotopic (exact) mass is 332 g/mol. The lowest BCUT2D eigenvalue weighted by Gasteiger charge is -2.05. The van der Waals surface area contributed by atoms with Crippen LogP contribution < -0.4 is 9.47 Å². The van der Waals surface area contributed by atoms with Crippen LogP contribution in [0, 0.1) is 3.57 Å². The van der Waals surface area contributed by atoms with Gasteiger partial charge in [-0.15, -0.1) is 0 Å². The minimum Gasteiger partial charge on any atom is -0.481 e. The molecule has 2 aromatic rings. The highest BCUT2D eigenvalue weighted by atomic mass is 127. The Labute approximate surface area is 106 Å². The third kappa shape index (κ3) is 2.23. The minimum absolute atomic E-state index is 0.416. The normalized spacial score (nSPS) is 10.2. The highest BCUT2D eigenvalue weighted by Gasteiger charge is 2.08. The molecule has 0 amide bonds. The molecule has 2 heterocycles. The minimum atomic E-state index is 0.416. The largest absolute Gasteiger partial charge is 0.481 e. The van der Waals surface area contributed by atoms with E-state index in [1.165, 1.54) is 0 Å². The van der Waals surface area contributed by atoms with E-state index in [2.05, 4.69) is 37.7 Å². The first-order valence-corrected chi connectivity index (χ1v) is 5.48. The number of halogens is 1. The van der Waals surface area contributed by atoms with Crippen molar-refractivity contribution in [3.8, 4) is 17.7 Å². The summed E-state index contributed by atoms with van der Waals surface area (Å²) in [5.41, 5.74) is 0. The predicted octanol–water partition coefficient (Wildman–Crippen LogP) is 1.28. The van der Waals surface area contributed by atoms with Gasteiger partial charge in [-0.1, -0.05) is 0 Å². The fourth-order valence-corrected chi connectivity index (χ4v) is 1.50. The van der Waals surface area contributed by atoms with Gasteiger partial charge in [0.05, 0.1) is 30.1 Å². The van der Waals surface area contributed by atoms with Gasteiger partial charge >= 0.3 is 0 Å². The lowest BCUT2D eigenvalue weighted by molar-refractivity contribution is 0.370. The van der Waals surface area contributed by atoms with Gasteiger partial charge < -0.3 is 9.47 Å². The van der Waals surface area contributed by atoms with Crippen LogP contribution in [-0.2, 0) is 0 Å². The van der Waals surface area contributed by atoms with Gasteiger partial charge in [0.2, 0.25) is 11.8 Å². The van der Waals surface area contributed by atoms with Gasteiger partial charge in [-0.05, 0) is 22.6 Å². The average Bonchev–Trinajstić information content (AvgIpc) is 2.75. The smallest absolute Gasteiger partial charge is 0.257 e. The van der Waals surface area contributed by atoms with Crippen LogP contribution in [0.3, 0.4) is 0 Å². The summed E-state index contributed by atoms with van der Waals surface area (Å²) in [6.45, 7) is 0. The van der Waals surface area contributed by atoms with Gasteiger partial charge in [0.15, 0.2) is 0 Å². The standard InChI is InChI=1S/C9H9IN4O2/c1-15-7-3-8(16-2)13-9(12-7)14-5-6(10)4-11-14/h3-5H,1-2H3. The second-order valence-corrected chi connectivity index (χ2v) is 4.10. The molecule has 84 valence electrons. The van der Waals surface area contributed by atoms with E-state index in [0.717, 1.165) is 3.57 Å². The SMILES string of the molecule is COc1cc(OC)nc(-n2cc(I)cn2)n1. The molecule has 0 aliphatic heterocycles. The van der Waals surface area contributed by atoms with Crippen molar-refractivity contribution in [1.82, 2.24) is 19.7 Å². The fourth-order valence-electron chi connectivity index (χ4n) is 1.11. The summed E-state index contributed by atoms with van der Waals surface area (Å²) in [5, 5.41) is 4.11. The molecule has 0 spiro atoms. The van der Waals surface area contributed by atoms with Crippen LogP contribution in [0.1, 0.15) is 0 Å². The molecule has 0 atom stereocenters. The van der Waals surface area contributed by atoms with Crippen molar-refractivity contribution in [2.75, 3.05) is 14.2 Å². The highest BCUT2D eigenvalue weighted by Crippen LogP contribution is 2.17. The van der Waals surface area contributed by atoms with E-state index in [0.29, 0.717) is 17.7 Å². The van der Waals surface area contributed by atoms with Crippen molar-refractivity contribution in [3.05, 3.63) is 22.0 Å². The molecular formula is C9H9IN4O2. The maximum absolute atomic E-state index is 5.05. The van der Waals surface area contributed by atoms with E-state index in [4.69, 9.17) is 9.47 Å². The zero-order valence-electron chi connectivity index (χ0n) is 8.72. The Balaban J connectivity index is 2.47. The van der Waals surface area contributed by atoms with Crippen LogP contribution in [0.4, 0.5) is 0 Å². The van der Waals surface area contributed by atoms with Gasteiger partial charge in [-0.2, -0.15) is 15.1 Å². The Bertz CT molecular complexity index is 478. The topological polar surface area (TPSA) is 62.1 Å². The van der Waals surface area contributed by atoms with Gasteiger partial charge in [0, 0.05) is 6.20 Å². The molecule has 16 heavy (non-hydrogen) atoms. The third-order valence-corrected chi connectivity index (χ3v) is 2.40. The molecule has 0 saturated carbocycles. The molecule has 0 saturated heterocycles. The molecule has 0 bridgehead atoms. The second-order valence-electron chi connectivity index (χ2n) is 2.86. The van der Waals surface area contributed by atoms with Crippen LogP contribution >= 0.6 is 22.6 Å². The molecule has 0 aliphatic carbocycles. The van der Waals surface area contributed by atoms with E-state index >= 15 is 0 Å². The van der Waals surface area contributed by atoms with Crippen molar-refractivity contribution in [3.63, 3.8) is 0 Å². The molecule has 0 radical (unpaired) electrons. The van der Waals surface area contributed by atoms with Crippen molar-refractivity contribution >= 4 is 22.6 Å². The predicted molar refractivity (Wildman–Crippen MR) is 65.0 cm³/mol.